The van der Waals surface area contributed by atoms with Crippen molar-refractivity contribution in [3.05, 3.63) is 24.2 Å². The number of hydrogen-bond acceptors (Lipinski definition) is 4. The number of halogens is 1. The van der Waals surface area contributed by atoms with Crippen LogP contribution in [0.4, 0.5) is 0 Å². The zero-order chi connectivity index (χ0) is 18.9. The van der Waals surface area contributed by atoms with E-state index >= 15 is 0 Å². The van der Waals surface area contributed by atoms with Gasteiger partial charge in [0.2, 0.25) is 11.8 Å². The highest BCUT2D eigenvalue weighted by Gasteiger charge is 2.13. The lowest BCUT2D eigenvalue weighted by atomic mass is 10.1. The SMILES string of the molecule is CN(C)C(=O)CNC(=NCC(=O)NC(C)(C)C)NCCc1ccco1.I. The summed E-state index contributed by atoms with van der Waals surface area (Å²) in [5.41, 5.74) is -0.312. The number of rotatable bonds is 7. The minimum absolute atomic E-state index is 0. The lowest BCUT2D eigenvalue weighted by Gasteiger charge is -2.20. The van der Waals surface area contributed by atoms with Gasteiger partial charge >= 0.3 is 0 Å². The van der Waals surface area contributed by atoms with E-state index in [4.69, 9.17) is 4.42 Å². The second-order valence-corrected chi connectivity index (χ2v) is 6.86. The molecule has 0 aromatic carbocycles. The first kappa shape index (κ1) is 24.2. The van der Waals surface area contributed by atoms with Gasteiger partial charge in [0.15, 0.2) is 5.96 Å². The molecule has 0 saturated carbocycles. The molecule has 26 heavy (non-hydrogen) atoms. The molecule has 1 rings (SSSR count). The first-order chi connectivity index (χ1) is 11.7. The maximum Gasteiger partial charge on any atom is 0.242 e. The number of likely N-dealkylation sites (N-methyl/N-ethyl adjacent to an activating group) is 1. The number of nitrogens with one attached hydrogen (secondary N) is 3. The van der Waals surface area contributed by atoms with Crippen molar-refractivity contribution in [2.24, 2.45) is 4.99 Å². The number of nitrogens with zero attached hydrogens (tertiary/aromatic N) is 2. The van der Waals surface area contributed by atoms with Crippen LogP contribution in [0, 0.1) is 0 Å². The summed E-state index contributed by atoms with van der Waals surface area (Å²) in [7, 11) is 3.36. The Kier molecular flexibility index (Phi) is 11.0. The van der Waals surface area contributed by atoms with Crippen molar-refractivity contribution in [1.29, 1.82) is 0 Å². The van der Waals surface area contributed by atoms with E-state index in [1.165, 1.54) is 4.90 Å². The number of hydrogen-bond donors (Lipinski definition) is 3. The van der Waals surface area contributed by atoms with Gasteiger partial charge in [0.05, 0.1) is 12.8 Å². The third-order valence-electron chi connectivity index (χ3n) is 3.05. The first-order valence-corrected chi connectivity index (χ1v) is 8.23. The van der Waals surface area contributed by atoms with Crippen LogP contribution in [-0.4, -0.2) is 61.9 Å². The van der Waals surface area contributed by atoms with Crippen LogP contribution in [-0.2, 0) is 16.0 Å². The van der Waals surface area contributed by atoms with Crippen molar-refractivity contribution in [2.45, 2.75) is 32.7 Å². The normalized spacial score (nSPS) is 11.3. The molecule has 0 atom stereocenters. The first-order valence-electron chi connectivity index (χ1n) is 8.23. The molecule has 0 saturated heterocycles. The van der Waals surface area contributed by atoms with E-state index < -0.39 is 0 Å². The van der Waals surface area contributed by atoms with Crippen LogP contribution in [0.2, 0.25) is 0 Å². The second kappa shape index (κ2) is 11.8. The molecule has 8 nitrogen and oxygen atoms in total. The second-order valence-electron chi connectivity index (χ2n) is 6.86. The molecule has 0 unspecified atom stereocenters. The van der Waals surface area contributed by atoms with Gasteiger partial charge in [0.1, 0.15) is 12.3 Å². The molecule has 1 aromatic heterocycles. The zero-order valence-corrected chi connectivity index (χ0v) is 18.4. The predicted molar refractivity (Wildman–Crippen MR) is 113 cm³/mol. The molecule has 9 heteroatoms. The third-order valence-corrected chi connectivity index (χ3v) is 3.05. The molecule has 0 bridgehead atoms. The minimum atomic E-state index is -0.312. The Hall–Kier alpha value is -1.78. The average Bonchev–Trinajstić information content (AvgIpc) is 3.00. The van der Waals surface area contributed by atoms with E-state index in [1.807, 2.05) is 32.9 Å². The zero-order valence-electron chi connectivity index (χ0n) is 16.1. The van der Waals surface area contributed by atoms with Gasteiger partial charge in [-0.15, -0.1) is 24.0 Å². The smallest absolute Gasteiger partial charge is 0.242 e. The summed E-state index contributed by atoms with van der Waals surface area (Å²) >= 11 is 0. The molecule has 1 heterocycles. The van der Waals surface area contributed by atoms with Crippen molar-refractivity contribution >= 4 is 41.8 Å². The van der Waals surface area contributed by atoms with Crippen molar-refractivity contribution in [3.63, 3.8) is 0 Å². The maximum atomic E-state index is 11.9. The molecular weight excluding hydrogens is 449 g/mol. The molecule has 1 aromatic rings. The molecule has 0 aliphatic heterocycles. The summed E-state index contributed by atoms with van der Waals surface area (Å²) in [5.74, 6) is 0.991. The summed E-state index contributed by atoms with van der Waals surface area (Å²) in [6.45, 7) is 6.36. The number of aliphatic imine (C=N–C) groups is 1. The Morgan fingerprint density at radius 2 is 1.92 bits per heavy atom. The summed E-state index contributed by atoms with van der Waals surface area (Å²) in [6, 6.07) is 3.72. The summed E-state index contributed by atoms with van der Waals surface area (Å²) < 4.78 is 5.27. The summed E-state index contributed by atoms with van der Waals surface area (Å²) in [4.78, 5) is 29.4. The van der Waals surface area contributed by atoms with Gasteiger partial charge in [0, 0.05) is 32.6 Å². The van der Waals surface area contributed by atoms with E-state index in [9.17, 15) is 9.59 Å². The highest BCUT2D eigenvalue weighted by Crippen LogP contribution is 1.99. The fourth-order valence-corrected chi connectivity index (χ4v) is 1.86. The largest absolute Gasteiger partial charge is 0.469 e. The topological polar surface area (TPSA) is 99.0 Å². The minimum Gasteiger partial charge on any atom is -0.469 e. The highest BCUT2D eigenvalue weighted by molar-refractivity contribution is 14.0. The number of furan rings is 1. The van der Waals surface area contributed by atoms with Gasteiger partial charge in [-0.2, -0.15) is 0 Å². The van der Waals surface area contributed by atoms with Crippen LogP contribution in [0.15, 0.2) is 27.8 Å². The van der Waals surface area contributed by atoms with Crippen molar-refractivity contribution in [3.8, 4) is 0 Å². The Morgan fingerprint density at radius 1 is 1.23 bits per heavy atom. The van der Waals surface area contributed by atoms with E-state index in [1.54, 1.807) is 20.4 Å². The molecule has 148 valence electrons. The van der Waals surface area contributed by atoms with E-state index in [0.29, 0.717) is 18.9 Å². The van der Waals surface area contributed by atoms with Gasteiger partial charge in [0.25, 0.3) is 0 Å². The van der Waals surface area contributed by atoms with E-state index in [0.717, 1.165) is 5.76 Å². The highest BCUT2D eigenvalue weighted by atomic mass is 127. The van der Waals surface area contributed by atoms with Crippen molar-refractivity contribution in [2.75, 3.05) is 33.7 Å². The summed E-state index contributed by atoms with van der Waals surface area (Å²) in [5, 5.41) is 8.88. The molecule has 0 spiro atoms. The Balaban J connectivity index is 0.00000625. The van der Waals surface area contributed by atoms with Crippen LogP contribution in [0.3, 0.4) is 0 Å². The predicted octanol–water partition coefficient (Wildman–Crippen LogP) is 0.978. The van der Waals surface area contributed by atoms with E-state index in [-0.39, 0.29) is 54.4 Å². The lowest BCUT2D eigenvalue weighted by molar-refractivity contribution is -0.127. The van der Waals surface area contributed by atoms with Crippen LogP contribution in [0.25, 0.3) is 0 Å². The van der Waals surface area contributed by atoms with E-state index in [2.05, 4.69) is 20.9 Å². The van der Waals surface area contributed by atoms with Gasteiger partial charge < -0.3 is 25.3 Å². The quantitative estimate of drug-likeness (QED) is 0.308. The molecule has 0 aliphatic carbocycles. The number of amides is 2. The third kappa shape index (κ3) is 11.0. The Morgan fingerprint density at radius 3 is 2.46 bits per heavy atom. The molecule has 3 N–H and O–H groups in total. The standard InChI is InChI=1S/C17H29N5O3.HI/c1-17(2,3)21-14(23)11-19-16(20-12-15(24)22(4)5)18-9-8-13-7-6-10-25-13;/h6-7,10H,8-9,11-12H2,1-5H3,(H,21,23)(H2,18,19,20);1H. The maximum absolute atomic E-state index is 11.9. The number of guanidine groups is 1. The molecule has 0 aliphatic rings. The van der Waals surface area contributed by atoms with Gasteiger partial charge in [-0.05, 0) is 32.9 Å². The fraction of sp³-hybridized carbons (Fsp3) is 0.588. The molecule has 0 radical (unpaired) electrons. The molecule has 2 amide bonds. The Bertz CT molecular complexity index is 580. The van der Waals surface area contributed by atoms with Crippen molar-refractivity contribution < 1.29 is 14.0 Å². The van der Waals surface area contributed by atoms with Crippen LogP contribution in [0.1, 0.15) is 26.5 Å². The van der Waals surface area contributed by atoms with Crippen LogP contribution < -0.4 is 16.0 Å². The lowest BCUT2D eigenvalue weighted by Crippen LogP contribution is -2.45. The monoisotopic (exact) mass is 479 g/mol. The molecule has 0 fully saturated rings. The fourth-order valence-electron chi connectivity index (χ4n) is 1.86. The van der Waals surface area contributed by atoms with Gasteiger partial charge in [-0.3, -0.25) is 9.59 Å². The average molecular weight is 479 g/mol. The summed E-state index contributed by atoms with van der Waals surface area (Å²) in [6.07, 6.45) is 2.29. The van der Waals surface area contributed by atoms with Gasteiger partial charge in [-0.25, -0.2) is 4.99 Å². The number of carbonyl (C=O) groups excluding carboxylic acids is 2. The van der Waals surface area contributed by atoms with Crippen LogP contribution >= 0.6 is 24.0 Å². The van der Waals surface area contributed by atoms with Gasteiger partial charge in [-0.1, -0.05) is 0 Å². The van der Waals surface area contributed by atoms with Crippen LogP contribution in [0.5, 0.6) is 0 Å². The van der Waals surface area contributed by atoms with Crippen molar-refractivity contribution in [1.82, 2.24) is 20.9 Å². The Labute approximate surface area is 172 Å². The molecular formula is C17H30IN5O3. The number of carbonyl (C=O) groups is 2.